The standard InChI is InChI=1S/C25H24BrN5OS/c1-31-13-10-25(11-14-31)29-23(17-4-6-19(26)7-5-17)24(30-25)33-16-22(32)28-20-8-9-21-18(15-20)3-2-12-27-21/h2-9,12,15H,10-11,13-14,16H2,1H3,(H,28,32). The molecule has 1 saturated heterocycles. The Bertz CT molecular complexity index is 1250. The Hall–Kier alpha value is -2.55. The number of benzene rings is 2. The Labute approximate surface area is 205 Å². The van der Waals surface area contributed by atoms with Crippen LogP contribution in [-0.2, 0) is 4.79 Å². The maximum Gasteiger partial charge on any atom is 0.234 e. The Morgan fingerprint density at radius 3 is 2.70 bits per heavy atom. The van der Waals surface area contributed by atoms with Gasteiger partial charge in [0.2, 0.25) is 5.91 Å². The molecule has 2 aliphatic heterocycles. The zero-order valence-electron chi connectivity index (χ0n) is 18.3. The van der Waals surface area contributed by atoms with Gasteiger partial charge in [-0.05, 0) is 43.4 Å². The number of nitrogens with one attached hydrogen (secondary N) is 1. The SMILES string of the molecule is CN1CCC2(CC1)N=C(SCC(=O)Nc1ccc3ncccc3c1)C(c1ccc(Br)cc1)=N2. The second kappa shape index (κ2) is 9.37. The molecule has 0 aliphatic carbocycles. The molecule has 2 aromatic carbocycles. The van der Waals surface area contributed by atoms with E-state index < -0.39 is 5.66 Å². The maximum atomic E-state index is 12.7. The van der Waals surface area contributed by atoms with E-state index in [0.29, 0.717) is 0 Å². The number of carbonyl (C=O) groups is 1. The quantitative estimate of drug-likeness (QED) is 0.524. The number of anilines is 1. The number of aliphatic imine (C=N–C) groups is 2. The third-order valence-electron chi connectivity index (χ3n) is 5.96. The minimum atomic E-state index is -0.404. The molecule has 0 saturated carbocycles. The molecule has 0 atom stereocenters. The van der Waals surface area contributed by atoms with Crippen LogP contribution in [0, 0.1) is 0 Å². The molecule has 0 radical (unpaired) electrons. The van der Waals surface area contributed by atoms with Gasteiger partial charge in [-0.25, -0.2) is 4.99 Å². The number of carbonyl (C=O) groups excluding carboxylic acids is 1. The average molecular weight is 522 g/mol. The van der Waals surface area contributed by atoms with E-state index in [4.69, 9.17) is 9.98 Å². The third-order valence-corrected chi connectivity index (χ3v) is 7.46. The molecule has 33 heavy (non-hydrogen) atoms. The fourth-order valence-corrected chi connectivity index (χ4v) is 5.24. The van der Waals surface area contributed by atoms with Crippen LogP contribution >= 0.6 is 27.7 Å². The van der Waals surface area contributed by atoms with Gasteiger partial charge in [0.05, 0.1) is 17.0 Å². The van der Waals surface area contributed by atoms with Crippen molar-refractivity contribution in [2.24, 2.45) is 9.98 Å². The molecule has 8 heteroatoms. The summed E-state index contributed by atoms with van der Waals surface area (Å²) in [5.74, 6) is 0.209. The van der Waals surface area contributed by atoms with Gasteiger partial charge < -0.3 is 10.2 Å². The summed E-state index contributed by atoms with van der Waals surface area (Å²) in [5.41, 5.74) is 3.19. The summed E-state index contributed by atoms with van der Waals surface area (Å²) < 4.78 is 1.02. The fourth-order valence-electron chi connectivity index (χ4n) is 4.10. The van der Waals surface area contributed by atoms with Crippen LogP contribution in [-0.4, -0.2) is 58.1 Å². The van der Waals surface area contributed by atoms with Crippen molar-refractivity contribution < 1.29 is 4.79 Å². The van der Waals surface area contributed by atoms with Gasteiger partial charge in [-0.15, -0.1) is 0 Å². The van der Waals surface area contributed by atoms with Crippen molar-refractivity contribution in [2.75, 3.05) is 31.2 Å². The van der Waals surface area contributed by atoms with E-state index >= 15 is 0 Å². The number of thioether (sulfide) groups is 1. The molecule has 1 aromatic heterocycles. The highest BCUT2D eigenvalue weighted by atomic mass is 79.9. The molecule has 1 spiro atoms. The lowest BCUT2D eigenvalue weighted by Gasteiger charge is -2.33. The van der Waals surface area contributed by atoms with Crippen LogP contribution in [0.25, 0.3) is 10.9 Å². The van der Waals surface area contributed by atoms with E-state index in [-0.39, 0.29) is 11.7 Å². The Morgan fingerprint density at radius 2 is 1.91 bits per heavy atom. The van der Waals surface area contributed by atoms with Crippen molar-refractivity contribution in [3.05, 3.63) is 70.8 Å². The molecular formula is C25H24BrN5OS. The lowest BCUT2D eigenvalue weighted by atomic mass is 9.99. The van der Waals surface area contributed by atoms with Crippen LogP contribution in [0.15, 0.2) is 75.3 Å². The van der Waals surface area contributed by atoms with Gasteiger partial charge in [-0.3, -0.25) is 14.8 Å². The summed E-state index contributed by atoms with van der Waals surface area (Å²) in [7, 11) is 2.13. The Kier molecular flexibility index (Phi) is 6.32. The van der Waals surface area contributed by atoms with Crippen LogP contribution in [0.4, 0.5) is 5.69 Å². The Balaban J connectivity index is 1.32. The fraction of sp³-hybridized carbons (Fsp3) is 0.280. The van der Waals surface area contributed by atoms with Gasteiger partial charge in [0, 0.05) is 53.2 Å². The monoisotopic (exact) mass is 521 g/mol. The van der Waals surface area contributed by atoms with Crippen molar-refractivity contribution in [2.45, 2.75) is 18.5 Å². The number of nitrogens with zero attached hydrogens (tertiary/aromatic N) is 4. The van der Waals surface area contributed by atoms with E-state index in [1.165, 1.54) is 11.8 Å². The highest BCUT2D eigenvalue weighted by molar-refractivity contribution is 9.10. The van der Waals surface area contributed by atoms with Gasteiger partial charge in [0.15, 0.2) is 5.66 Å². The first-order valence-corrected chi connectivity index (χ1v) is 12.7. The van der Waals surface area contributed by atoms with Crippen LogP contribution < -0.4 is 5.32 Å². The number of aromatic nitrogens is 1. The predicted octanol–water partition coefficient (Wildman–Crippen LogP) is 4.99. The minimum Gasteiger partial charge on any atom is -0.325 e. The van der Waals surface area contributed by atoms with E-state index in [0.717, 1.165) is 63.3 Å². The summed E-state index contributed by atoms with van der Waals surface area (Å²) in [6.45, 7) is 1.94. The minimum absolute atomic E-state index is 0.0644. The number of piperidine rings is 1. The van der Waals surface area contributed by atoms with Crippen molar-refractivity contribution in [1.29, 1.82) is 0 Å². The number of likely N-dealkylation sites (tertiary alicyclic amines) is 1. The first-order valence-electron chi connectivity index (χ1n) is 10.9. The van der Waals surface area contributed by atoms with Crippen LogP contribution in [0.3, 0.4) is 0 Å². The van der Waals surface area contributed by atoms with Crippen LogP contribution in [0.5, 0.6) is 0 Å². The number of fused-ring (bicyclic) bond motifs is 1. The number of amides is 1. The normalized spacial score (nSPS) is 17.8. The zero-order chi connectivity index (χ0) is 22.8. The van der Waals surface area contributed by atoms with Crippen LogP contribution in [0.1, 0.15) is 18.4 Å². The summed E-state index contributed by atoms with van der Waals surface area (Å²) >= 11 is 4.96. The maximum absolute atomic E-state index is 12.7. The highest BCUT2D eigenvalue weighted by Crippen LogP contribution is 2.35. The van der Waals surface area contributed by atoms with E-state index in [1.54, 1.807) is 6.20 Å². The van der Waals surface area contributed by atoms with Gasteiger partial charge >= 0.3 is 0 Å². The lowest BCUT2D eigenvalue weighted by molar-refractivity contribution is -0.113. The molecule has 3 aromatic rings. The number of hydrogen-bond acceptors (Lipinski definition) is 6. The Morgan fingerprint density at radius 1 is 1.12 bits per heavy atom. The zero-order valence-corrected chi connectivity index (χ0v) is 20.7. The van der Waals surface area contributed by atoms with E-state index in [9.17, 15) is 4.79 Å². The highest BCUT2D eigenvalue weighted by Gasteiger charge is 2.39. The summed E-state index contributed by atoms with van der Waals surface area (Å²) in [6, 6.07) is 17.8. The van der Waals surface area contributed by atoms with Gasteiger partial charge in [0.1, 0.15) is 5.04 Å². The van der Waals surface area contributed by atoms with Gasteiger partial charge in [-0.2, -0.15) is 0 Å². The smallest absolute Gasteiger partial charge is 0.234 e. The number of rotatable bonds is 4. The van der Waals surface area contributed by atoms with Crippen molar-refractivity contribution in [3.63, 3.8) is 0 Å². The molecule has 168 valence electrons. The molecular weight excluding hydrogens is 498 g/mol. The van der Waals surface area contributed by atoms with Crippen molar-refractivity contribution in [3.8, 4) is 0 Å². The number of hydrogen-bond donors (Lipinski definition) is 1. The van der Waals surface area contributed by atoms with Crippen molar-refractivity contribution >= 4 is 60.9 Å². The lowest BCUT2D eigenvalue weighted by Crippen LogP contribution is -2.39. The molecule has 1 N–H and O–H groups in total. The van der Waals surface area contributed by atoms with E-state index in [2.05, 4.69) is 50.3 Å². The van der Waals surface area contributed by atoms with E-state index in [1.807, 2.05) is 42.5 Å². The third kappa shape index (κ3) is 5.03. The molecule has 5 rings (SSSR count). The molecule has 1 amide bonds. The van der Waals surface area contributed by atoms with Crippen molar-refractivity contribution in [1.82, 2.24) is 9.88 Å². The first kappa shape index (κ1) is 22.3. The topological polar surface area (TPSA) is 70.0 Å². The van der Waals surface area contributed by atoms with Crippen LogP contribution in [0.2, 0.25) is 0 Å². The summed E-state index contributed by atoms with van der Waals surface area (Å²) in [6.07, 6.45) is 3.55. The molecule has 3 heterocycles. The number of pyridine rings is 1. The molecule has 1 fully saturated rings. The first-order chi connectivity index (χ1) is 16.0. The summed E-state index contributed by atoms with van der Waals surface area (Å²) in [5, 5.41) is 4.85. The van der Waals surface area contributed by atoms with Gasteiger partial charge in [0.25, 0.3) is 0 Å². The van der Waals surface area contributed by atoms with Gasteiger partial charge in [-0.1, -0.05) is 45.9 Å². The molecule has 0 unspecified atom stereocenters. The number of halogens is 1. The summed E-state index contributed by atoms with van der Waals surface area (Å²) in [4.78, 5) is 29.6. The average Bonchev–Trinajstić information content (AvgIpc) is 3.18. The molecule has 6 nitrogen and oxygen atoms in total. The molecule has 2 aliphatic rings. The largest absolute Gasteiger partial charge is 0.325 e. The predicted molar refractivity (Wildman–Crippen MR) is 140 cm³/mol. The second-order valence-corrected chi connectivity index (χ2v) is 10.3. The molecule has 0 bridgehead atoms. The second-order valence-electron chi connectivity index (χ2n) is 8.42.